The predicted octanol–water partition coefficient (Wildman–Crippen LogP) is 3.13. The van der Waals surface area contributed by atoms with Gasteiger partial charge in [-0.2, -0.15) is 4.98 Å². The molecule has 0 saturated heterocycles. The van der Waals surface area contributed by atoms with Gasteiger partial charge in [0.05, 0.1) is 24.5 Å². The van der Waals surface area contributed by atoms with Gasteiger partial charge in [0, 0.05) is 23.4 Å². The van der Waals surface area contributed by atoms with E-state index >= 15 is 0 Å². The second-order valence-corrected chi connectivity index (χ2v) is 9.47. The summed E-state index contributed by atoms with van der Waals surface area (Å²) in [6, 6.07) is 9.84. The molecular formula is C22H29N5O2S. The average molecular weight is 428 g/mol. The second-order valence-electron chi connectivity index (χ2n) is 8.39. The molecule has 2 aliphatic carbocycles. The molecule has 2 aromatic rings. The molecule has 7 nitrogen and oxygen atoms in total. The summed E-state index contributed by atoms with van der Waals surface area (Å²) in [7, 11) is 0. The van der Waals surface area contributed by atoms with Gasteiger partial charge >= 0.3 is 0 Å². The summed E-state index contributed by atoms with van der Waals surface area (Å²) in [6.45, 7) is 3.34. The summed E-state index contributed by atoms with van der Waals surface area (Å²) in [5.41, 5.74) is 1.06. The van der Waals surface area contributed by atoms with Gasteiger partial charge in [0.2, 0.25) is 5.95 Å². The zero-order valence-corrected chi connectivity index (χ0v) is 18.0. The summed E-state index contributed by atoms with van der Waals surface area (Å²) in [6.07, 6.45) is 3.29. The maximum absolute atomic E-state index is 9.59. The van der Waals surface area contributed by atoms with Crippen LogP contribution in [0.15, 0.2) is 35.2 Å². The lowest BCUT2D eigenvalue weighted by atomic mass is 10.1. The van der Waals surface area contributed by atoms with Crippen LogP contribution in [0.4, 0.5) is 11.8 Å². The highest BCUT2D eigenvalue weighted by Gasteiger charge is 2.53. The zero-order chi connectivity index (χ0) is 21.1. The minimum Gasteiger partial charge on any atom is -0.396 e. The molecule has 0 bridgehead atoms. The van der Waals surface area contributed by atoms with Gasteiger partial charge in [-0.25, -0.2) is 4.98 Å². The van der Waals surface area contributed by atoms with Crippen LogP contribution in [0, 0.1) is 29.6 Å². The predicted molar refractivity (Wildman–Crippen MR) is 120 cm³/mol. The Morgan fingerprint density at radius 3 is 2.50 bits per heavy atom. The summed E-state index contributed by atoms with van der Waals surface area (Å²) in [4.78, 5) is 10.3. The van der Waals surface area contributed by atoms with Crippen molar-refractivity contribution in [1.29, 1.82) is 5.41 Å². The molecule has 160 valence electrons. The van der Waals surface area contributed by atoms with Crippen molar-refractivity contribution >= 4 is 28.6 Å². The van der Waals surface area contributed by atoms with Gasteiger partial charge in [-0.1, -0.05) is 30.0 Å². The van der Waals surface area contributed by atoms with E-state index in [1.165, 1.54) is 24.6 Å². The first-order valence-electron chi connectivity index (χ1n) is 10.4. The van der Waals surface area contributed by atoms with Crippen molar-refractivity contribution in [2.75, 3.05) is 36.9 Å². The van der Waals surface area contributed by atoms with E-state index < -0.39 is 5.41 Å². The molecule has 30 heavy (non-hydrogen) atoms. The van der Waals surface area contributed by atoms with Crippen LogP contribution in [0.2, 0.25) is 0 Å². The molecule has 0 spiro atoms. The van der Waals surface area contributed by atoms with E-state index in [1.54, 1.807) is 0 Å². The molecule has 1 aromatic heterocycles. The van der Waals surface area contributed by atoms with E-state index in [1.807, 2.05) is 37.3 Å². The van der Waals surface area contributed by atoms with Crippen LogP contribution >= 0.6 is 11.8 Å². The monoisotopic (exact) mass is 427 g/mol. The van der Waals surface area contributed by atoms with Gasteiger partial charge in [-0.3, -0.25) is 5.41 Å². The highest BCUT2D eigenvalue weighted by atomic mass is 32.2. The van der Waals surface area contributed by atoms with Gasteiger partial charge < -0.3 is 20.8 Å². The van der Waals surface area contributed by atoms with Gasteiger partial charge in [0.25, 0.3) is 0 Å². The molecule has 2 fully saturated rings. The van der Waals surface area contributed by atoms with E-state index in [0.29, 0.717) is 34.8 Å². The first-order valence-corrected chi connectivity index (χ1v) is 11.3. The molecular weight excluding hydrogens is 398 g/mol. The number of aliphatic hydroxyl groups excluding tert-OH is 2. The topological polar surface area (TPSA) is 114 Å². The number of aryl methyl sites for hydroxylation is 1. The third kappa shape index (κ3) is 4.77. The molecule has 0 amide bonds. The molecule has 0 aliphatic heterocycles. The van der Waals surface area contributed by atoms with Crippen molar-refractivity contribution in [2.45, 2.75) is 31.1 Å². The van der Waals surface area contributed by atoms with Crippen LogP contribution in [0.3, 0.4) is 0 Å². The Hall–Kier alpha value is -2.16. The highest BCUT2D eigenvalue weighted by Crippen LogP contribution is 2.51. The van der Waals surface area contributed by atoms with Crippen molar-refractivity contribution < 1.29 is 10.2 Å². The van der Waals surface area contributed by atoms with Gasteiger partial charge in [0.15, 0.2) is 0 Å². The third-order valence-corrected chi connectivity index (χ3v) is 6.95. The number of benzene rings is 1. The number of hydrogen-bond donors (Lipinski definition) is 5. The fourth-order valence-corrected chi connectivity index (χ4v) is 4.52. The van der Waals surface area contributed by atoms with Crippen LogP contribution in [0.5, 0.6) is 0 Å². The van der Waals surface area contributed by atoms with Crippen molar-refractivity contribution in [3.63, 3.8) is 0 Å². The minimum atomic E-state index is -0.394. The molecule has 1 atom stereocenters. The van der Waals surface area contributed by atoms with Crippen LogP contribution in [0.25, 0.3) is 0 Å². The number of nitrogens with zero attached hydrogens (tertiary/aromatic N) is 2. The number of thioether (sulfide) groups is 1. The van der Waals surface area contributed by atoms with Crippen LogP contribution in [0.1, 0.15) is 30.5 Å². The smallest absolute Gasteiger partial charge is 0.224 e. The molecule has 2 saturated carbocycles. The van der Waals surface area contributed by atoms with E-state index in [9.17, 15) is 10.2 Å². The number of anilines is 2. The fraction of sp³-hybridized carbons (Fsp3) is 0.500. The summed E-state index contributed by atoms with van der Waals surface area (Å²) < 4.78 is 0. The Kier molecular flexibility index (Phi) is 6.26. The fourth-order valence-electron chi connectivity index (χ4n) is 3.64. The highest BCUT2D eigenvalue weighted by molar-refractivity contribution is 8.14. The summed E-state index contributed by atoms with van der Waals surface area (Å²) in [5, 5.41) is 35.0. The van der Waals surface area contributed by atoms with Crippen molar-refractivity contribution in [3.05, 3.63) is 41.6 Å². The van der Waals surface area contributed by atoms with Crippen molar-refractivity contribution in [2.24, 2.45) is 17.3 Å². The Morgan fingerprint density at radius 1 is 1.13 bits per heavy atom. The molecule has 2 aliphatic rings. The molecule has 8 heteroatoms. The summed E-state index contributed by atoms with van der Waals surface area (Å²) in [5.74, 6) is 2.10. The molecule has 1 heterocycles. The van der Waals surface area contributed by atoms with E-state index in [4.69, 9.17) is 5.41 Å². The molecule has 4 rings (SSSR count). The molecule has 5 N–H and O–H groups in total. The lowest BCUT2D eigenvalue weighted by Gasteiger charge is -2.17. The summed E-state index contributed by atoms with van der Waals surface area (Å²) >= 11 is 1.38. The van der Waals surface area contributed by atoms with E-state index in [-0.39, 0.29) is 19.1 Å². The Labute approximate surface area is 181 Å². The number of hydrogen-bond acceptors (Lipinski definition) is 8. The average Bonchev–Trinajstić information content (AvgIpc) is 3.67. The quantitative estimate of drug-likeness (QED) is 0.225. The van der Waals surface area contributed by atoms with E-state index in [2.05, 4.69) is 20.6 Å². The zero-order valence-electron chi connectivity index (χ0n) is 17.2. The van der Waals surface area contributed by atoms with E-state index in [0.717, 1.165) is 23.6 Å². The minimum absolute atomic E-state index is 0.0145. The number of rotatable bonds is 10. The first-order chi connectivity index (χ1) is 14.5. The maximum Gasteiger partial charge on any atom is 0.224 e. The lowest BCUT2D eigenvalue weighted by molar-refractivity contribution is 0.123. The van der Waals surface area contributed by atoms with Gasteiger partial charge in [0.1, 0.15) is 10.9 Å². The molecule has 1 aromatic carbocycles. The first kappa shape index (κ1) is 21.1. The maximum atomic E-state index is 9.59. The number of aromatic nitrogens is 2. The number of aliphatic hydroxyl groups is 2. The lowest BCUT2D eigenvalue weighted by Crippen LogP contribution is -2.20. The largest absolute Gasteiger partial charge is 0.396 e. The van der Waals surface area contributed by atoms with Crippen molar-refractivity contribution in [1.82, 2.24) is 9.97 Å². The van der Waals surface area contributed by atoms with Crippen molar-refractivity contribution in [3.8, 4) is 0 Å². The number of nitrogens with one attached hydrogen (secondary N) is 3. The Bertz CT molecular complexity index is 900. The Morgan fingerprint density at radius 2 is 1.87 bits per heavy atom. The molecule has 1 unspecified atom stereocenters. The normalized spacial score (nSPS) is 19.4. The SMILES string of the molecule is Cc1nc(NCC2CC2)nc(NCC2CC2(CO)CO)c1C(=N)Sc1ccccc1. The van der Waals surface area contributed by atoms with Gasteiger partial charge in [-0.05, 0) is 50.2 Å². The van der Waals surface area contributed by atoms with Crippen LogP contribution in [-0.4, -0.2) is 51.5 Å². The Balaban J connectivity index is 1.54. The standard InChI is InChI=1S/C22H29N5O2S/c1-14-18(19(23)30-17-5-3-2-4-6-17)20(24-11-16-9-22(16,12-28)13-29)27-21(26-14)25-10-15-7-8-15/h2-6,15-16,23,28-29H,7-13H2,1H3,(H2,24,25,26,27). The van der Waals surface area contributed by atoms with Gasteiger partial charge in [-0.15, -0.1) is 0 Å². The van der Waals surface area contributed by atoms with Crippen LogP contribution < -0.4 is 10.6 Å². The third-order valence-electron chi connectivity index (χ3n) is 6.03. The van der Waals surface area contributed by atoms with Crippen LogP contribution in [-0.2, 0) is 0 Å². The molecule has 0 radical (unpaired) electrons. The second kappa shape index (κ2) is 8.91.